The van der Waals surface area contributed by atoms with E-state index in [2.05, 4.69) is 4.74 Å². The van der Waals surface area contributed by atoms with E-state index >= 15 is 0 Å². The Hall–Kier alpha value is -2.24. The number of hydrogen-bond donors (Lipinski definition) is 0. The molecule has 0 N–H and O–H groups in total. The van der Waals surface area contributed by atoms with Gasteiger partial charge in [-0.25, -0.2) is 0 Å². The molecule has 1 heterocycles. The molecule has 0 radical (unpaired) electrons. The van der Waals surface area contributed by atoms with E-state index < -0.39 is 0 Å². The second kappa shape index (κ2) is 6.27. The number of ether oxygens (including phenoxy) is 3. The fourth-order valence-corrected chi connectivity index (χ4v) is 1.94. The first-order valence-electron chi connectivity index (χ1n) is 6.41. The van der Waals surface area contributed by atoms with Gasteiger partial charge in [0.1, 0.15) is 0 Å². The van der Waals surface area contributed by atoms with E-state index in [4.69, 9.17) is 9.47 Å². The molecule has 0 fully saturated rings. The Balaban J connectivity index is 2.06. The van der Waals surface area contributed by atoms with Gasteiger partial charge >= 0.3 is 5.97 Å². The topological polar surface area (TPSA) is 65.1 Å². The van der Waals surface area contributed by atoms with Crippen molar-refractivity contribution in [2.75, 3.05) is 27.0 Å². The van der Waals surface area contributed by atoms with Crippen molar-refractivity contribution >= 4 is 11.9 Å². The van der Waals surface area contributed by atoms with Gasteiger partial charge in [0.05, 0.1) is 13.5 Å². The van der Waals surface area contributed by atoms with E-state index in [0.717, 1.165) is 0 Å². The number of methoxy groups -OCH3 is 1. The number of benzene rings is 1. The molecule has 0 atom stereocenters. The summed E-state index contributed by atoms with van der Waals surface area (Å²) in [5, 5.41) is 0. The number of carbonyl (C=O) groups excluding carboxylic acids is 2. The third-order valence-electron chi connectivity index (χ3n) is 3.10. The van der Waals surface area contributed by atoms with Gasteiger partial charge in [-0.15, -0.1) is 0 Å². The summed E-state index contributed by atoms with van der Waals surface area (Å²) in [5.41, 5.74) is 0.515. The lowest BCUT2D eigenvalue weighted by molar-refractivity contribution is -0.140. The lowest BCUT2D eigenvalue weighted by atomic mass is 10.1. The lowest BCUT2D eigenvalue weighted by Gasteiger charge is -2.20. The molecule has 0 saturated carbocycles. The monoisotopic (exact) mass is 279 g/mol. The van der Waals surface area contributed by atoms with Crippen LogP contribution in [-0.4, -0.2) is 43.8 Å². The van der Waals surface area contributed by atoms with Crippen LogP contribution in [0.4, 0.5) is 0 Å². The number of fused-ring (bicyclic) bond motifs is 1. The normalized spacial score (nSPS) is 12.1. The SMILES string of the molecule is CCN(CCC(=O)OC)C(=O)c1ccc2c(c1)OCO2. The highest BCUT2D eigenvalue weighted by Crippen LogP contribution is 2.32. The van der Waals surface area contributed by atoms with E-state index in [-0.39, 0.29) is 25.1 Å². The molecule has 1 aromatic carbocycles. The van der Waals surface area contributed by atoms with Crippen molar-refractivity contribution in [3.05, 3.63) is 23.8 Å². The highest BCUT2D eigenvalue weighted by molar-refractivity contribution is 5.95. The van der Waals surface area contributed by atoms with Crippen LogP contribution in [0.2, 0.25) is 0 Å². The number of rotatable bonds is 5. The molecule has 6 heteroatoms. The van der Waals surface area contributed by atoms with Gasteiger partial charge in [0, 0.05) is 18.7 Å². The van der Waals surface area contributed by atoms with Crippen LogP contribution in [0.15, 0.2) is 18.2 Å². The van der Waals surface area contributed by atoms with Gasteiger partial charge < -0.3 is 19.1 Å². The van der Waals surface area contributed by atoms with Gasteiger partial charge in [0.2, 0.25) is 6.79 Å². The summed E-state index contributed by atoms with van der Waals surface area (Å²) in [7, 11) is 1.33. The number of amides is 1. The average Bonchev–Trinajstić information content (AvgIpc) is 2.94. The maximum absolute atomic E-state index is 12.4. The maximum Gasteiger partial charge on any atom is 0.307 e. The smallest absolute Gasteiger partial charge is 0.307 e. The number of esters is 1. The predicted octanol–water partition coefficient (Wildman–Crippen LogP) is 1.44. The van der Waals surface area contributed by atoms with Crippen molar-refractivity contribution in [1.82, 2.24) is 4.90 Å². The van der Waals surface area contributed by atoms with E-state index in [9.17, 15) is 9.59 Å². The molecule has 2 rings (SSSR count). The van der Waals surface area contributed by atoms with Crippen molar-refractivity contribution in [1.29, 1.82) is 0 Å². The summed E-state index contributed by atoms with van der Waals surface area (Å²) < 4.78 is 15.0. The minimum Gasteiger partial charge on any atom is -0.469 e. The van der Waals surface area contributed by atoms with E-state index in [1.54, 1.807) is 23.1 Å². The zero-order valence-electron chi connectivity index (χ0n) is 11.5. The molecule has 6 nitrogen and oxygen atoms in total. The van der Waals surface area contributed by atoms with Gasteiger partial charge in [0.15, 0.2) is 11.5 Å². The summed E-state index contributed by atoms with van der Waals surface area (Å²) in [6.07, 6.45) is 0.181. The van der Waals surface area contributed by atoms with Crippen LogP contribution in [-0.2, 0) is 9.53 Å². The molecule has 1 aliphatic rings. The van der Waals surface area contributed by atoms with Crippen molar-refractivity contribution in [2.24, 2.45) is 0 Å². The molecule has 1 aliphatic heterocycles. The first-order chi connectivity index (χ1) is 9.65. The fraction of sp³-hybridized carbons (Fsp3) is 0.429. The van der Waals surface area contributed by atoms with Crippen LogP contribution in [0.25, 0.3) is 0 Å². The Kier molecular flexibility index (Phi) is 4.45. The Labute approximate surface area is 117 Å². The van der Waals surface area contributed by atoms with Gasteiger partial charge in [0.25, 0.3) is 5.91 Å². The summed E-state index contributed by atoms with van der Waals surface area (Å²) in [4.78, 5) is 25.1. The molecule has 0 aromatic heterocycles. The van der Waals surface area contributed by atoms with Gasteiger partial charge in [-0.05, 0) is 25.1 Å². The van der Waals surface area contributed by atoms with Crippen LogP contribution < -0.4 is 9.47 Å². The van der Waals surface area contributed by atoms with E-state index in [1.807, 2.05) is 6.92 Å². The molecule has 1 aromatic rings. The number of hydrogen-bond acceptors (Lipinski definition) is 5. The standard InChI is InChI=1S/C14H17NO5/c1-3-15(7-6-13(16)18-2)14(17)10-4-5-11-12(8-10)20-9-19-11/h4-5,8H,3,6-7,9H2,1-2H3. The van der Waals surface area contributed by atoms with Gasteiger partial charge in [-0.3, -0.25) is 9.59 Å². The second-order valence-electron chi connectivity index (χ2n) is 4.28. The summed E-state index contributed by atoms with van der Waals surface area (Å²) >= 11 is 0. The zero-order valence-corrected chi connectivity index (χ0v) is 11.5. The molecular weight excluding hydrogens is 262 g/mol. The lowest BCUT2D eigenvalue weighted by Crippen LogP contribution is -2.33. The quantitative estimate of drug-likeness (QED) is 0.763. The molecular formula is C14H17NO5. The van der Waals surface area contributed by atoms with Crippen LogP contribution >= 0.6 is 0 Å². The summed E-state index contributed by atoms with van der Waals surface area (Å²) in [6.45, 7) is 2.88. The fourth-order valence-electron chi connectivity index (χ4n) is 1.94. The maximum atomic E-state index is 12.4. The highest BCUT2D eigenvalue weighted by Gasteiger charge is 2.20. The third kappa shape index (κ3) is 3.01. The predicted molar refractivity (Wildman–Crippen MR) is 70.8 cm³/mol. The third-order valence-corrected chi connectivity index (χ3v) is 3.10. The van der Waals surface area contributed by atoms with Crippen molar-refractivity contribution in [3.8, 4) is 11.5 Å². The summed E-state index contributed by atoms with van der Waals surface area (Å²) in [5.74, 6) is 0.732. The van der Waals surface area contributed by atoms with E-state index in [1.165, 1.54) is 7.11 Å². The minimum atomic E-state index is -0.332. The van der Waals surface area contributed by atoms with E-state index in [0.29, 0.717) is 30.2 Å². The molecule has 0 unspecified atom stereocenters. The second-order valence-corrected chi connectivity index (χ2v) is 4.28. The Morgan fingerprint density at radius 1 is 1.30 bits per heavy atom. The van der Waals surface area contributed by atoms with Crippen LogP contribution in [0, 0.1) is 0 Å². The van der Waals surface area contributed by atoms with Gasteiger partial charge in [-0.1, -0.05) is 0 Å². The zero-order chi connectivity index (χ0) is 14.5. The van der Waals surface area contributed by atoms with Crippen LogP contribution in [0.5, 0.6) is 11.5 Å². The van der Waals surface area contributed by atoms with Crippen molar-refractivity contribution in [2.45, 2.75) is 13.3 Å². The molecule has 0 aliphatic carbocycles. The molecule has 0 saturated heterocycles. The largest absolute Gasteiger partial charge is 0.469 e. The molecule has 108 valence electrons. The first kappa shape index (κ1) is 14.2. The molecule has 0 spiro atoms. The first-order valence-corrected chi connectivity index (χ1v) is 6.41. The highest BCUT2D eigenvalue weighted by atomic mass is 16.7. The Morgan fingerprint density at radius 2 is 2.05 bits per heavy atom. The molecule has 0 bridgehead atoms. The molecule has 20 heavy (non-hydrogen) atoms. The number of nitrogens with zero attached hydrogens (tertiary/aromatic N) is 1. The van der Waals surface area contributed by atoms with Crippen LogP contribution in [0.1, 0.15) is 23.7 Å². The Bertz CT molecular complexity index is 514. The average molecular weight is 279 g/mol. The van der Waals surface area contributed by atoms with Crippen molar-refractivity contribution in [3.63, 3.8) is 0 Å². The van der Waals surface area contributed by atoms with Crippen molar-refractivity contribution < 1.29 is 23.8 Å². The number of carbonyl (C=O) groups is 2. The minimum absolute atomic E-state index is 0.144. The van der Waals surface area contributed by atoms with Crippen LogP contribution in [0.3, 0.4) is 0 Å². The molecule has 1 amide bonds. The van der Waals surface area contributed by atoms with Gasteiger partial charge in [-0.2, -0.15) is 0 Å². The summed E-state index contributed by atoms with van der Waals surface area (Å²) in [6, 6.07) is 5.06. The Morgan fingerprint density at radius 3 is 2.75 bits per heavy atom.